The van der Waals surface area contributed by atoms with E-state index in [1.165, 1.54) is 12.1 Å². The van der Waals surface area contributed by atoms with Gasteiger partial charge in [0, 0.05) is 17.0 Å². The number of halogens is 3. The SMILES string of the molecule is CC(C)(C)CC1NC(C(=O)OC[C@@H](O)CC(N)=O)C(c2cccc(Cl)c2F)C1(C#N)c1ccc(Cl)cc1. The molecule has 2 aromatic carbocycles. The van der Waals surface area contributed by atoms with Gasteiger partial charge in [0.15, 0.2) is 0 Å². The van der Waals surface area contributed by atoms with E-state index >= 15 is 4.39 Å². The first-order chi connectivity index (χ1) is 17.3. The summed E-state index contributed by atoms with van der Waals surface area (Å²) >= 11 is 12.3. The number of carbonyl (C=O) groups is 2. The zero-order valence-electron chi connectivity index (χ0n) is 20.8. The first kappa shape index (κ1) is 28.9. The van der Waals surface area contributed by atoms with Gasteiger partial charge in [-0.3, -0.25) is 14.9 Å². The largest absolute Gasteiger partial charge is 0.462 e. The number of nitrogens with two attached hydrogens (primary N) is 1. The molecule has 4 N–H and O–H groups in total. The molecular weight excluding hydrogens is 520 g/mol. The van der Waals surface area contributed by atoms with Crippen LogP contribution in [0.1, 0.15) is 50.7 Å². The van der Waals surface area contributed by atoms with Crippen LogP contribution >= 0.6 is 23.2 Å². The topological polar surface area (TPSA) is 125 Å². The van der Waals surface area contributed by atoms with Gasteiger partial charge in [0.2, 0.25) is 5.91 Å². The van der Waals surface area contributed by atoms with Crippen LogP contribution in [-0.2, 0) is 19.7 Å². The summed E-state index contributed by atoms with van der Waals surface area (Å²) in [6, 6.07) is 11.8. The van der Waals surface area contributed by atoms with Crippen molar-refractivity contribution >= 4 is 35.1 Å². The summed E-state index contributed by atoms with van der Waals surface area (Å²) in [4.78, 5) is 24.5. The van der Waals surface area contributed by atoms with Crippen molar-refractivity contribution in [2.24, 2.45) is 11.1 Å². The van der Waals surface area contributed by atoms with Gasteiger partial charge in [0.1, 0.15) is 23.9 Å². The van der Waals surface area contributed by atoms with E-state index in [9.17, 15) is 20.0 Å². The van der Waals surface area contributed by atoms with Crippen molar-refractivity contribution in [1.29, 1.82) is 5.26 Å². The summed E-state index contributed by atoms with van der Waals surface area (Å²) in [7, 11) is 0. The van der Waals surface area contributed by atoms with E-state index in [1.807, 2.05) is 20.8 Å². The Balaban J connectivity index is 2.18. The molecule has 4 unspecified atom stereocenters. The first-order valence-corrected chi connectivity index (χ1v) is 12.6. The van der Waals surface area contributed by atoms with Crippen molar-refractivity contribution in [2.45, 2.75) is 63.1 Å². The van der Waals surface area contributed by atoms with Crippen LogP contribution < -0.4 is 11.1 Å². The normalized spacial score (nSPS) is 24.3. The van der Waals surface area contributed by atoms with Crippen molar-refractivity contribution in [3.05, 3.63) is 69.5 Å². The van der Waals surface area contributed by atoms with Gasteiger partial charge in [-0.2, -0.15) is 5.26 Å². The van der Waals surface area contributed by atoms with Crippen molar-refractivity contribution in [3.63, 3.8) is 0 Å². The molecule has 0 aromatic heterocycles. The second kappa shape index (κ2) is 11.4. The molecule has 37 heavy (non-hydrogen) atoms. The molecule has 1 aliphatic heterocycles. The number of primary amides is 1. The summed E-state index contributed by atoms with van der Waals surface area (Å²) in [5, 5.41) is 24.3. The maximum Gasteiger partial charge on any atom is 0.323 e. The van der Waals surface area contributed by atoms with Crippen LogP contribution in [0.25, 0.3) is 0 Å². The zero-order chi connectivity index (χ0) is 27.5. The third-order valence-electron chi connectivity index (χ3n) is 6.50. The van der Waals surface area contributed by atoms with E-state index < -0.39 is 60.2 Å². The minimum atomic E-state index is -1.42. The van der Waals surface area contributed by atoms with Crippen molar-refractivity contribution < 1.29 is 23.8 Å². The lowest BCUT2D eigenvalue weighted by Gasteiger charge is -2.37. The average molecular weight is 550 g/mol. The average Bonchev–Trinajstić information content (AvgIpc) is 3.12. The maximum atomic E-state index is 15.5. The predicted octanol–water partition coefficient (Wildman–Crippen LogP) is 4.23. The number of rotatable bonds is 8. The van der Waals surface area contributed by atoms with Crippen molar-refractivity contribution in [3.8, 4) is 6.07 Å². The highest BCUT2D eigenvalue weighted by molar-refractivity contribution is 6.31. The summed E-state index contributed by atoms with van der Waals surface area (Å²) in [5.41, 5.74) is 4.04. The number of aliphatic hydroxyl groups excluding tert-OH is 1. The monoisotopic (exact) mass is 549 g/mol. The van der Waals surface area contributed by atoms with Gasteiger partial charge < -0.3 is 15.6 Å². The second-order valence-electron chi connectivity index (χ2n) is 10.5. The fraction of sp³-hybridized carbons (Fsp3) is 0.444. The summed E-state index contributed by atoms with van der Waals surface area (Å²) < 4.78 is 20.9. The lowest BCUT2D eigenvalue weighted by atomic mass is 9.63. The van der Waals surface area contributed by atoms with Crippen molar-refractivity contribution in [1.82, 2.24) is 5.32 Å². The minimum absolute atomic E-state index is 0.0764. The van der Waals surface area contributed by atoms with Crippen LogP contribution in [0.15, 0.2) is 42.5 Å². The highest BCUT2D eigenvalue weighted by atomic mass is 35.5. The molecule has 5 atom stereocenters. The lowest BCUT2D eigenvalue weighted by Crippen LogP contribution is -2.44. The number of aliphatic hydroxyl groups is 1. The first-order valence-electron chi connectivity index (χ1n) is 11.8. The summed E-state index contributed by atoms with van der Waals surface area (Å²) in [6.07, 6.45) is -1.24. The molecule has 3 rings (SSSR count). The van der Waals surface area contributed by atoms with Gasteiger partial charge in [0.25, 0.3) is 0 Å². The van der Waals surface area contributed by atoms with E-state index in [1.54, 1.807) is 30.3 Å². The van der Waals surface area contributed by atoms with Gasteiger partial charge in [0.05, 0.1) is 23.6 Å². The minimum Gasteiger partial charge on any atom is -0.462 e. The Morgan fingerprint density at radius 1 is 1.24 bits per heavy atom. The molecule has 2 aromatic rings. The Kier molecular flexibility index (Phi) is 8.86. The molecular formula is C27H30Cl2FN3O4. The smallest absolute Gasteiger partial charge is 0.323 e. The van der Waals surface area contributed by atoms with E-state index in [2.05, 4.69) is 11.4 Å². The van der Waals surface area contributed by atoms with Gasteiger partial charge in [-0.25, -0.2) is 4.39 Å². The Bertz CT molecular complexity index is 1200. The van der Waals surface area contributed by atoms with E-state index in [0.717, 1.165) is 0 Å². The predicted molar refractivity (Wildman–Crippen MR) is 138 cm³/mol. The van der Waals surface area contributed by atoms with E-state index in [4.69, 9.17) is 33.7 Å². The molecule has 0 saturated carbocycles. The molecule has 1 amide bonds. The lowest BCUT2D eigenvalue weighted by molar-refractivity contribution is -0.150. The molecule has 0 radical (unpaired) electrons. The molecule has 0 bridgehead atoms. The fourth-order valence-electron chi connectivity index (χ4n) is 5.02. The third kappa shape index (κ3) is 6.24. The number of nitrogens with zero attached hydrogens (tertiary/aromatic N) is 1. The number of esters is 1. The van der Waals surface area contributed by atoms with Crippen molar-refractivity contribution in [2.75, 3.05) is 6.61 Å². The van der Waals surface area contributed by atoms with Gasteiger partial charge in [-0.05, 0) is 41.2 Å². The Hall–Kier alpha value is -2.70. The maximum absolute atomic E-state index is 15.5. The van der Waals surface area contributed by atoms with Crippen LogP contribution in [0.4, 0.5) is 4.39 Å². The number of nitriles is 1. The second-order valence-corrected chi connectivity index (χ2v) is 11.4. The fourth-order valence-corrected chi connectivity index (χ4v) is 5.33. The quantitative estimate of drug-likeness (QED) is 0.423. The number of carbonyl (C=O) groups excluding carboxylic acids is 2. The molecule has 7 nitrogen and oxygen atoms in total. The van der Waals surface area contributed by atoms with Crippen LogP contribution in [0.2, 0.25) is 10.0 Å². The van der Waals surface area contributed by atoms with Crippen LogP contribution in [-0.4, -0.2) is 41.8 Å². The Labute approximate surface area is 225 Å². The number of ether oxygens (including phenoxy) is 1. The van der Waals surface area contributed by atoms with Crippen LogP contribution in [0.5, 0.6) is 0 Å². The Morgan fingerprint density at radius 3 is 2.46 bits per heavy atom. The van der Waals surface area contributed by atoms with Crippen LogP contribution in [0.3, 0.4) is 0 Å². The highest BCUT2D eigenvalue weighted by Gasteiger charge is 2.60. The Morgan fingerprint density at radius 2 is 1.89 bits per heavy atom. The number of hydrogen-bond donors (Lipinski definition) is 3. The standard InChI is InChI=1S/C27H30Cl2FN3O4/c1-26(2,3)12-20-27(14-31,15-7-9-16(28)10-8-15)22(18-5-4-6-19(29)23(18)30)24(33-20)25(36)37-13-17(34)11-21(32)35/h4-10,17,20,22,24,33-34H,11-13H2,1-3H3,(H2,32,35)/t17-,20?,22?,24?,27?/m0/s1. The third-order valence-corrected chi connectivity index (χ3v) is 7.05. The molecule has 0 aliphatic carbocycles. The molecule has 198 valence electrons. The molecule has 1 aliphatic rings. The highest BCUT2D eigenvalue weighted by Crippen LogP contribution is 2.52. The molecule has 1 fully saturated rings. The summed E-state index contributed by atoms with van der Waals surface area (Å²) in [5.74, 6) is -3.35. The molecule has 0 spiro atoms. The molecule has 10 heteroatoms. The van der Waals surface area contributed by atoms with E-state index in [0.29, 0.717) is 17.0 Å². The van der Waals surface area contributed by atoms with Gasteiger partial charge in [-0.1, -0.05) is 68.2 Å². The summed E-state index contributed by atoms with van der Waals surface area (Å²) in [6.45, 7) is 5.51. The number of amides is 1. The zero-order valence-corrected chi connectivity index (χ0v) is 22.3. The van der Waals surface area contributed by atoms with Gasteiger partial charge >= 0.3 is 5.97 Å². The van der Waals surface area contributed by atoms with E-state index in [-0.39, 0.29) is 16.0 Å². The molecule has 1 heterocycles. The van der Waals surface area contributed by atoms with Crippen LogP contribution in [0, 0.1) is 22.6 Å². The number of nitrogens with one attached hydrogen (secondary N) is 1. The number of hydrogen-bond acceptors (Lipinski definition) is 6. The molecule has 1 saturated heterocycles. The van der Waals surface area contributed by atoms with Gasteiger partial charge in [-0.15, -0.1) is 0 Å². The number of benzene rings is 2.